The van der Waals surface area contributed by atoms with Crippen LogP contribution in [0, 0.1) is 0 Å². The summed E-state index contributed by atoms with van der Waals surface area (Å²) in [7, 11) is 0. The number of benzene rings is 2. The first-order valence-electron chi connectivity index (χ1n) is 10.6. The van der Waals surface area contributed by atoms with Gasteiger partial charge >= 0.3 is 0 Å². The van der Waals surface area contributed by atoms with Crippen LogP contribution in [0.25, 0.3) is 0 Å². The highest BCUT2D eigenvalue weighted by Crippen LogP contribution is 2.32. The first-order valence-corrected chi connectivity index (χ1v) is 10.6. The summed E-state index contributed by atoms with van der Waals surface area (Å²) < 4.78 is 16.8. The van der Waals surface area contributed by atoms with Gasteiger partial charge in [0, 0.05) is 36.8 Å². The Kier molecular flexibility index (Phi) is 7.25. The quantitative estimate of drug-likeness (QED) is 0.388. The number of para-hydroxylation sites is 1. The molecule has 8 nitrogen and oxygen atoms in total. The van der Waals surface area contributed by atoms with Gasteiger partial charge in [-0.1, -0.05) is 18.2 Å². The molecule has 0 bridgehead atoms. The third-order valence-corrected chi connectivity index (χ3v) is 4.69. The van der Waals surface area contributed by atoms with E-state index in [1.54, 1.807) is 6.26 Å². The van der Waals surface area contributed by atoms with E-state index in [4.69, 9.17) is 13.9 Å². The normalized spacial score (nSPS) is 13.2. The Morgan fingerprint density at radius 3 is 2.56 bits per heavy atom. The van der Waals surface area contributed by atoms with Crippen LogP contribution in [0.2, 0.25) is 0 Å². The van der Waals surface area contributed by atoms with E-state index in [0.29, 0.717) is 37.9 Å². The fraction of sp³-hybridized carbons (Fsp3) is 0.250. The molecular weight excluding hydrogens is 408 g/mol. The molecule has 1 aliphatic rings. The monoisotopic (exact) mass is 434 g/mol. The van der Waals surface area contributed by atoms with Gasteiger partial charge in [0.15, 0.2) is 17.5 Å². The van der Waals surface area contributed by atoms with Crippen molar-refractivity contribution in [3.8, 4) is 11.5 Å². The molecule has 1 aliphatic heterocycles. The number of carbonyl (C=O) groups is 1. The van der Waals surface area contributed by atoms with E-state index >= 15 is 0 Å². The Hall–Kier alpha value is -3.94. The zero-order chi connectivity index (χ0) is 22.0. The van der Waals surface area contributed by atoms with E-state index in [2.05, 4.69) is 20.9 Å². The lowest BCUT2D eigenvalue weighted by Crippen LogP contribution is -2.33. The van der Waals surface area contributed by atoms with E-state index in [0.717, 1.165) is 29.3 Å². The molecule has 0 spiro atoms. The summed E-state index contributed by atoms with van der Waals surface area (Å²) in [6.45, 7) is 1.80. The van der Waals surface area contributed by atoms with Crippen molar-refractivity contribution >= 4 is 23.2 Å². The zero-order valence-electron chi connectivity index (χ0n) is 17.7. The number of amides is 1. The number of furan rings is 1. The fourth-order valence-corrected chi connectivity index (χ4v) is 3.15. The van der Waals surface area contributed by atoms with Crippen LogP contribution in [0.4, 0.5) is 11.4 Å². The third-order valence-electron chi connectivity index (χ3n) is 4.69. The molecule has 0 unspecified atom stereocenters. The highest BCUT2D eigenvalue weighted by atomic mass is 16.5. The van der Waals surface area contributed by atoms with Crippen molar-refractivity contribution in [2.75, 3.05) is 36.9 Å². The molecule has 1 aromatic heterocycles. The second-order valence-electron chi connectivity index (χ2n) is 7.17. The highest BCUT2D eigenvalue weighted by Gasteiger charge is 2.12. The standard InChI is InChI=1S/C24H26N4O4/c29-23(27-18-6-2-1-3-7-18)17-26-24(25-12-11-20-8-4-13-30-20)28-19-9-10-21-22(16-19)32-15-5-14-31-21/h1-4,6-10,13,16H,5,11-12,14-15,17H2,(H,27,29)(H2,25,26,28). The SMILES string of the molecule is O=C(CN=C(NCCc1ccco1)Nc1ccc2c(c1)OCCCO2)Nc1ccccc1. The van der Waals surface area contributed by atoms with Crippen LogP contribution in [0.1, 0.15) is 12.2 Å². The van der Waals surface area contributed by atoms with Crippen LogP contribution in [-0.4, -0.2) is 38.2 Å². The predicted octanol–water partition coefficient (Wildman–Crippen LogP) is 3.68. The van der Waals surface area contributed by atoms with Gasteiger partial charge in [-0.05, 0) is 36.4 Å². The summed E-state index contributed by atoms with van der Waals surface area (Å²) in [4.78, 5) is 16.8. The predicted molar refractivity (Wildman–Crippen MR) is 123 cm³/mol. The van der Waals surface area contributed by atoms with E-state index in [1.165, 1.54) is 0 Å². The number of nitrogens with one attached hydrogen (secondary N) is 3. The number of hydrogen-bond donors (Lipinski definition) is 3. The number of anilines is 2. The number of fused-ring (bicyclic) bond motifs is 1. The van der Waals surface area contributed by atoms with Gasteiger partial charge in [-0.2, -0.15) is 0 Å². The maximum Gasteiger partial charge on any atom is 0.246 e. The molecule has 0 aliphatic carbocycles. The minimum Gasteiger partial charge on any atom is -0.490 e. The van der Waals surface area contributed by atoms with E-state index < -0.39 is 0 Å². The number of ether oxygens (including phenoxy) is 2. The molecule has 32 heavy (non-hydrogen) atoms. The molecule has 4 rings (SSSR count). The van der Waals surface area contributed by atoms with Gasteiger partial charge in [0.05, 0.1) is 19.5 Å². The van der Waals surface area contributed by atoms with Crippen LogP contribution in [0.3, 0.4) is 0 Å². The van der Waals surface area contributed by atoms with E-state index in [1.807, 2.05) is 60.7 Å². The van der Waals surface area contributed by atoms with Gasteiger partial charge in [0.1, 0.15) is 12.3 Å². The molecule has 3 N–H and O–H groups in total. The van der Waals surface area contributed by atoms with Gasteiger partial charge < -0.3 is 29.8 Å². The average molecular weight is 434 g/mol. The first kappa shape index (κ1) is 21.3. The van der Waals surface area contributed by atoms with Crippen molar-refractivity contribution in [3.05, 3.63) is 72.7 Å². The molecule has 2 heterocycles. The van der Waals surface area contributed by atoms with Gasteiger partial charge in [0.2, 0.25) is 5.91 Å². The second kappa shape index (κ2) is 10.9. The molecule has 0 fully saturated rings. The van der Waals surface area contributed by atoms with Crippen molar-refractivity contribution in [3.63, 3.8) is 0 Å². The molecular formula is C24H26N4O4. The van der Waals surface area contributed by atoms with Gasteiger partial charge in [-0.25, -0.2) is 4.99 Å². The highest BCUT2D eigenvalue weighted by molar-refractivity contribution is 5.97. The van der Waals surface area contributed by atoms with Crippen LogP contribution < -0.4 is 25.4 Å². The number of carbonyl (C=O) groups excluding carboxylic acids is 1. The Morgan fingerprint density at radius 2 is 1.75 bits per heavy atom. The molecule has 8 heteroatoms. The topological polar surface area (TPSA) is 97.1 Å². The minimum absolute atomic E-state index is 0.0322. The Labute approximate surface area is 186 Å². The number of nitrogens with zero attached hydrogens (tertiary/aromatic N) is 1. The number of hydrogen-bond acceptors (Lipinski definition) is 5. The van der Waals surface area contributed by atoms with Crippen molar-refractivity contribution in [2.45, 2.75) is 12.8 Å². The Balaban J connectivity index is 1.42. The molecule has 0 atom stereocenters. The summed E-state index contributed by atoms with van der Waals surface area (Å²) in [5.74, 6) is 2.55. The summed E-state index contributed by atoms with van der Waals surface area (Å²) in [6, 6.07) is 18.7. The maximum atomic E-state index is 12.3. The Morgan fingerprint density at radius 1 is 0.906 bits per heavy atom. The summed E-state index contributed by atoms with van der Waals surface area (Å²) >= 11 is 0. The van der Waals surface area contributed by atoms with Crippen molar-refractivity contribution < 1.29 is 18.7 Å². The van der Waals surface area contributed by atoms with Crippen LogP contribution in [0.5, 0.6) is 11.5 Å². The van der Waals surface area contributed by atoms with Crippen LogP contribution >= 0.6 is 0 Å². The van der Waals surface area contributed by atoms with Gasteiger partial charge in [0.25, 0.3) is 0 Å². The van der Waals surface area contributed by atoms with Gasteiger partial charge in [-0.15, -0.1) is 0 Å². The second-order valence-corrected chi connectivity index (χ2v) is 7.17. The fourth-order valence-electron chi connectivity index (χ4n) is 3.15. The van der Waals surface area contributed by atoms with E-state index in [-0.39, 0.29) is 12.5 Å². The number of rotatable bonds is 7. The first-order chi connectivity index (χ1) is 15.8. The molecule has 2 aromatic carbocycles. The lowest BCUT2D eigenvalue weighted by Gasteiger charge is -2.14. The summed E-state index contributed by atoms with van der Waals surface area (Å²) in [5.41, 5.74) is 1.51. The smallest absolute Gasteiger partial charge is 0.246 e. The number of guanidine groups is 1. The van der Waals surface area contributed by atoms with Crippen LogP contribution in [-0.2, 0) is 11.2 Å². The molecule has 3 aromatic rings. The van der Waals surface area contributed by atoms with Crippen molar-refractivity contribution in [1.82, 2.24) is 5.32 Å². The van der Waals surface area contributed by atoms with Crippen LogP contribution in [0.15, 0.2) is 76.3 Å². The molecule has 1 amide bonds. The largest absolute Gasteiger partial charge is 0.490 e. The Bertz CT molecular complexity index is 1040. The van der Waals surface area contributed by atoms with E-state index in [9.17, 15) is 4.79 Å². The third kappa shape index (κ3) is 6.28. The lowest BCUT2D eigenvalue weighted by atomic mass is 10.2. The summed E-state index contributed by atoms with van der Waals surface area (Å²) in [5, 5.41) is 9.32. The zero-order valence-corrected chi connectivity index (χ0v) is 17.7. The number of aliphatic imine (C=N–C) groups is 1. The van der Waals surface area contributed by atoms with Crippen molar-refractivity contribution in [2.24, 2.45) is 4.99 Å². The summed E-state index contributed by atoms with van der Waals surface area (Å²) in [6.07, 6.45) is 3.17. The average Bonchev–Trinajstić information content (AvgIpc) is 3.21. The molecule has 0 radical (unpaired) electrons. The molecule has 0 saturated carbocycles. The molecule has 166 valence electrons. The molecule has 0 saturated heterocycles. The van der Waals surface area contributed by atoms with Gasteiger partial charge in [-0.3, -0.25) is 4.79 Å². The maximum absolute atomic E-state index is 12.3. The minimum atomic E-state index is -0.206. The lowest BCUT2D eigenvalue weighted by molar-refractivity contribution is -0.114. The van der Waals surface area contributed by atoms with Crippen molar-refractivity contribution in [1.29, 1.82) is 0 Å².